The summed E-state index contributed by atoms with van der Waals surface area (Å²) in [6.45, 7) is 0. The highest BCUT2D eigenvalue weighted by Crippen LogP contribution is 2.25. The van der Waals surface area contributed by atoms with Crippen molar-refractivity contribution in [2.75, 3.05) is 0 Å². The molecule has 0 spiro atoms. The third-order valence-electron chi connectivity index (χ3n) is 1.10. The quantitative estimate of drug-likeness (QED) is 0.598. The summed E-state index contributed by atoms with van der Waals surface area (Å²) < 4.78 is 36.0. The largest absolute Gasteiger partial charge is 0.433 e. The first-order valence-corrected chi connectivity index (χ1v) is 2.67. The molecule has 0 saturated carbocycles. The van der Waals surface area contributed by atoms with E-state index in [2.05, 4.69) is 0 Å². The van der Waals surface area contributed by atoms with E-state index in [4.69, 9.17) is 0 Å². The van der Waals surface area contributed by atoms with Gasteiger partial charge >= 0.3 is 6.18 Å². The van der Waals surface area contributed by atoms with Crippen LogP contribution in [0.4, 0.5) is 13.2 Å². The molecule has 0 atom stereocenters. The van der Waals surface area contributed by atoms with Crippen molar-refractivity contribution < 1.29 is 13.2 Å². The molecule has 3 nitrogen and oxygen atoms in total. The fourth-order valence-corrected chi connectivity index (χ4v) is 0.571. The van der Waals surface area contributed by atoms with Gasteiger partial charge in [0.05, 0.1) is 6.07 Å². The molecule has 6 heteroatoms. The van der Waals surface area contributed by atoms with E-state index in [1.54, 1.807) is 6.07 Å². The molecule has 1 aromatic heterocycles. The molecule has 0 bridgehead atoms. The van der Waals surface area contributed by atoms with Crippen LogP contribution in [0.2, 0.25) is 0 Å². The number of aromatic nitrogens is 2. The molecule has 1 N–H and O–H groups in total. The maximum absolute atomic E-state index is 11.8. The number of aromatic amines is 1. The van der Waals surface area contributed by atoms with E-state index < -0.39 is 17.4 Å². The maximum Gasteiger partial charge on any atom is 0.433 e. The SMILES string of the molecule is Cn1[nH]c(C(F)(F)F)[c]c1=O. The number of halogens is 3. The minimum absolute atomic E-state index is 0.711. The van der Waals surface area contributed by atoms with Gasteiger partial charge in [-0.15, -0.1) is 0 Å². The Morgan fingerprint density at radius 3 is 2.27 bits per heavy atom. The van der Waals surface area contributed by atoms with Crippen LogP contribution in [-0.4, -0.2) is 9.78 Å². The highest BCUT2D eigenvalue weighted by atomic mass is 19.4. The monoisotopic (exact) mass is 165 g/mol. The Morgan fingerprint density at radius 1 is 1.55 bits per heavy atom. The molecule has 0 saturated heterocycles. The van der Waals surface area contributed by atoms with E-state index in [0.29, 0.717) is 4.68 Å². The summed E-state index contributed by atoms with van der Waals surface area (Å²) >= 11 is 0. The minimum atomic E-state index is -4.53. The van der Waals surface area contributed by atoms with Gasteiger partial charge in [-0.25, -0.2) is 0 Å². The lowest BCUT2D eigenvalue weighted by atomic mass is 10.4. The fraction of sp³-hybridized carbons (Fsp3) is 0.400. The van der Waals surface area contributed by atoms with E-state index in [9.17, 15) is 18.0 Å². The summed E-state index contributed by atoms with van der Waals surface area (Å²) in [6.07, 6.45) is -4.53. The summed E-state index contributed by atoms with van der Waals surface area (Å²) in [5.74, 6) is 0. The first kappa shape index (κ1) is 7.90. The molecule has 0 aliphatic rings. The molecule has 0 aliphatic heterocycles. The van der Waals surface area contributed by atoms with Gasteiger partial charge in [-0.1, -0.05) is 0 Å². The predicted molar refractivity (Wildman–Crippen MR) is 29.9 cm³/mol. The molecule has 0 fully saturated rings. The zero-order chi connectivity index (χ0) is 8.65. The van der Waals surface area contributed by atoms with Gasteiger partial charge in [0.2, 0.25) is 0 Å². The van der Waals surface area contributed by atoms with Crippen LogP contribution >= 0.6 is 0 Å². The maximum atomic E-state index is 11.8. The van der Waals surface area contributed by atoms with Crippen molar-refractivity contribution in [3.8, 4) is 0 Å². The first-order valence-electron chi connectivity index (χ1n) is 2.67. The first-order chi connectivity index (χ1) is 4.91. The van der Waals surface area contributed by atoms with Crippen molar-refractivity contribution in [3.63, 3.8) is 0 Å². The number of alkyl halides is 3. The minimum Gasteiger partial charge on any atom is -0.291 e. The van der Waals surface area contributed by atoms with E-state index >= 15 is 0 Å². The van der Waals surface area contributed by atoms with Crippen LogP contribution in [0.15, 0.2) is 4.79 Å². The molecule has 1 aromatic rings. The van der Waals surface area contributed by atoms with E-state index in [1.807, 2.05) is 5.10 Å². The fourth-order valence-electron chi connectivity index (χ4n) is 0.571. The lowest BCUT2D eigenvalue weighted by Crippen LogP contribution is -2.10. The van der Waals surface area contributed by atoms with Crippen molar-refractivity contribution in [1.82, 2.24) is 9.78 Å². The highest BCUT2D eigenvalue weighted by molar-refractivity contribution is 5.00. The molecule has 0 unspecified atom stereocenters. The second kappa shape index (κ2) is 2.14. The smallest absolute Gasteiger partial charge is 0.291 e. The van der Waals surface area contributed by atoms with Crippen molar-refractivity contribution >= 4 is 0 Å². The summed E-state index contributed by atoms with van der Waals surface area (Å²) in [5.41, 5.74) is -1.97. The van der Waals surface area contributed by atoms with Crippen LogP contribution in [0.5, 0.6) is 0 Å². The summed E-state index contributed by atoms with van der Waals surface area (Å²) in [6, 6.07) is 1.61. The molecule has 0 aliphatic carbocycles. The van der Waals surface area contributed by atoms with Crippen LogP contribution < -0.4 is 5.56 Å². The van der Waals surface area contributed by atoms with Gasteiger partial charge in [-0.05, 0) is 0 Å². The Balaban J connectivity index is 3.18. The lowest BCUT2D eigenvalue weighted by molar-refractivity contribution is -0.141. The Morgan fingerprint density at radius 2 is 2.09 bits per heavy atom. The van der Waals surface area contributed by atoms with Crippen molar-refractivity contribution in [2.45, 2.75) is 6.18 Å². The van der Waals surface area contributed by atoms with Crippen LogP contribution in [0.3, 0.4) is 0 Å². The van der Waals surface area contributed by atoms with Gasteiger partial charge in [-0.3, -0.25) is 14.6 Å². The molecule has 1 rings (SSSR count). The standard InChI is InChI=1S/C5H4F3N2O/c1-10-4(11)2-3(9-10)5(6,7)8/h9H,1H3. The van der Waals surface area contributed by atoms with Crippen LogP contribution in [-0.2, 0) is 13.2 Å². The van der Waals surface area contributed by atoms with Crippen molar-refractivity contribution in [3.05, 3.63) is 22.1 Å². The molecule has 0 amide bonds. The van der Waals surface area contributed by atoms with Gasteiger partial charge in [-0.2, -0.15) is 13.2 Å². The van der Waals surface area contributed by atoms with E-state index in [0.717, 1.165) is 0 Å². The predicted octanol–water partition coefficient (Wildman–Crippen LogP) is 0.532. The third-order valence-corrected chi connectivity index (χ3v) is 1.10. The van der Waals surface area contributed by atoms with Crippen molar-refractivity contribution in [2.24, 2.45) is 7.05 Å². The molecular weight excluding hydrogens is 161 g/mol. The lowest BCUT2D eigenvalue weighted by Gasteiger charge is -2.00. The third kappa shape index (κ3) is 1.44. The van der Waals surface area contributed by atoms with Crippen LogP contribution in [0, 0.1) is 6.07 Å². The van der Waals surface area contributed by atoms with Gasteiger partial charge < -0.3 is 0 Å². The number of aryl methyl sites for hydroxylation is 1. The van der Waals surface area contributed by atoms with Gasteiger partial charge in [0.15, 0.2) is 0 Å². The van der Waals surface area contributed by atoms with Gasteiger partial charge in [0, 0.05) is 7.05 Å². The number of hydrogen-bond donors (Lipinski definition) is 1. The average molecular weight is 165 g/mol. The molecule has 0 aromatic carbocycles. The van der Waals surface area contributed by atoms with Crippen molar-refractivity contribution in [1.29, 1.82) is 0 Å². The van der Waals surface area contributed by atoms with Gasteiger partial charge in [0.25, 0.3) is 5.56 Å². The molecule has 1 heterocycles. The molecule has 1 radical (unpaired) electrons. The Bertz CT molecular complexity index is 308. The summed E-state index contributed by atoms with van der Waals surface area (Å²) in [4.78, 5) is 10.5. The molecule has 61 valence electrons. The van der Waals surface area contributed by atoms with E-state index in [1.165, 1.54) is 7.05 Å². The molecule has 11 heavy (non-hydrogen) atoms. The average Bonchev–Trinajstić information content (AvgIpc) is 2.11. The zero-order valence-corrected chi connectivity index (χ0v) is 5.49. The number of hydrogen-bond acceptors (Lipinski definition) is 1. The highest BCUT2D eigenvalue weighted by Gasteiger charge is 2.33. The Kier molecular flexibility index (Phi) is 1.54. The zero-order valence-electron chi connectivity index (χ0n) is 5.49. The summed E-state index contributed by atoms with van der Waals surface area (Å²) in [5, 5.41) is 1.81. The molecular formula is C5H4F3N2O. The number of nitrogens with one attached hydrogen (secondary N) is 1. The van der Waals surface area contributed by atoms with Crippen LogP contribution in [0.25, 0.3) is 0 Å². The summed E-state index contributed by atoms with van der Waals surface area (Å²) in [7, 11) is 1.19. The Hall–Kier alpha value is -1.20. The number of rotatable bonds is 0. The van der Waals surface area contributed by atoms with Gasteiger partial charge in [0.1, 0.15) is 5.69 Å². The van der Waals surface area contributed by atoms with E-state index in [-0.39, 0.29) is 0 Å². The Labute approximate surface area is 59.4 Å². The second-order valence-electron chi connectivity index (χ2n) is 1.97. The topological polar surface area (TPSA) is 37.8 Å². The number of H-pyrrole nitrogens is 1. The van der Waals surface area contributed by atoms with Crippen LogP contribution in [0.1, 0.15) is 5.69 Å². The normalized spacial score (nSPS) is 12.0. The second-order valence-corrected chi connectivity index (χ2v) is 1.97. The number of nitrogens with zero attached hydrogens (tertiary/aromatic N) is 1.